The fraction of sp³-hybridized carbons (Fsp3) is 0.909. The Kier molecular flexibility index (Phi) is 3.12. The Bertz CT molecular complexity index is 261. The van der Waals surface area contributed by atoms with Gasteiger partial charge in [0.05, 0.1) is 17.7 Å². The van der Waals surface area contributed by atoms with Crippen LogP contribution in [0.15, 0.2) is 0 Å². The van der Waals surface area contributed by atoms with Crippen LogP contribution in [0, 0.1) is 0 Å². The molecule has 0 radical (unpaired) electrons. The van der Waals surface area contributed by atoms with Crippen molar-refractivity contribution >= 4 is 5.97 Å². The van der Waals surface area contributed by atoms with Crippen molar-refractivity contribution in [3.8, 4) is 0 Å². The largest absolute Gasteiger partial charge is 0.480 e. The number of hydrogen-bond donors (Lipinski definition) is 1. The molecule has 0 bridgehead atoms. The Labute approximate surface area is 91.2 Å². The molecule has 0 saturated carbocycles. The molecule has 88 valence electrons. The number of rotatable bonds is 3. The van der Waals surface area contributed by atoms with Crippen molar-refractivity contribution in [1.29, 1.82) is 0 Å². The Morgan fingerprint density at radius 3 is 2.33 bits per heavy atom. The highest BCUT2D eigenvalue weighted by Crippen LogP contribution is 2.39. The van der Waals surface area contributed by atoms with Crippen LogP contribution < -0.4 is 0 Å². The Hall–Kier alpha value is -0.610. The van der Waals surface area contributed by atoms with Gasteiger partial charge in [0.2, 0.25) is 0 Å². The molecule has 1 aliphatic heterocycles. The second kappa shape index (κ2) is 3.76. The van der Waals surface area contributed by atoms with E-state index in [1.165, 1.54) is 0 Å². The van der Waals surface area contributed by atoms with Gasteiger partial charge in [0.1, 0.15) is 0 Å². The van der Waals surface area contributed by atoms with Gasteiger partial charge in [-0.25, -0.2) is 0 Å². The molecule has 0 aromatic rings. The standard InChI is InChI=1S/C11H21NO3/c1-10(2)6-8(11(3,4)15-10)12(5)7-9(13)14/h8H,6-7H2,1-5H3,(H,13,14). The van der Waals surface area contributed by atoms with Crippen LogP contribution in [-0.2, 0) is 9.53 Å². The number of hydrogen-bond acceptors (Lipinski definition) is 3. The molecule has 1 atom stereocenters. The van der Waals surface area contributed by atoms with Crippen LogP contribution in [-0.4, -0.2) is 46.8 Å². The molecule has 1 saturated heterocycles. The summed E-state index contributed by atoms with van der Waals surface area (Å²) in [5, 5.41) is 8.76. The average Bonchev–Trinajstić information content (AvgIpc) is 2.17. The predicted molar refractivity (Wildman–Crippen MR) is 57.9 cm³/mol. The first-order chi connectivity index (χ1) is 6.64. The van der Waals surface area contributed by atoms with Crippen molar-refractivity contribution in [1.82, 2.24) is 4.90 Å². The average molecular weight is 215 g/mol. The molecule has 1 rings (SSSR count). The van der Waals surface area contributed by atoms with Crippen LogP contribution in [0.1, 0.15) is 34.1 Å². The van der Waals surface area contributed by atoms with Gasteiger partial charge in [-0.15, -0.1) is 0 Å². The monoisotopic (exact) mass is 215 g/mol. The summed E-state index contributed by atoms with van der Waals surface area (Å²) in [5.41, 5.74) is -0.450. The SMILES string of the molecule is CN(CC(=O)O)C1CC(C)(C)OC1(C)C. The summed E-state index contributed by atoms with van der Waals surface area (Å²) in [6.45, 7) is 8.19. The minimum absolute atomic E-state index is 0.0630. The van der Waals surface area contributed by atoms with E-state index < -0.39 is 5.97 Å². The van der Waals surface area contributed by atoms with Crippen LogP contribution in [0.25, 0.3) is 0 Å². The third-order valence-corrected chi connectivity index (χ3v) is 2.94. The third-order valence-electron chi connectivity index (χ3n) is 2.94. The molecule has 1 unspecified atom stereocenters. The molecule has 15 heavy (non-hydrogen) atoms. The van der Waals surface area contributed by atoms with E-state index in [2.05, 4.69) is 0 Å². The normalized spacial score (nSPS) is 28.3. The van der Waals surface area contributed by atoms with Gasteiger partial charge in [-0.3, -0.25) is 9.69 Å². The number of aliphatic carboxylic acids is 1. The zero-order valence-electron chi connectivity index (χ0n) is 10.2. The van der Waals surface area contributed by atoms with Gasteiger partial charge in [-0.2, -0.15) is 0 Å². The second-order valence-corrected chi connectivity index (χ2v) is 5.49. The highest BCUT2D eigenvalue weighted by molar-refractivity contribution is 5.69. The molecule has 1 aliphatic rings. The van der Waals surface area contributed by atoms with Crippen molar-refractivity contribution in [3.05, 3.63) is 0 Å². The topological polar surface area (TPSA) is 49.8 Å². The van der Waals surface area contributed by atoms with Crippen LogP contribution in [0.4, 0.5) is 0 Å². The molecule has 4 heteroatoms. The maximum atomic E-state index is 10.7. The summed E-state index contributed by atoms with van der Waals surface area (Å²) in [6, 6.07) is 0.156. The lowest BCUT2D eigenvalue weighted by Crippen LogP contribution is -2.46. The first kappa shape index (κ1) is 12.5. The first-order valence-electron chi connectivity index (χ1n) is 5.26. The van der Waals surface area contributed by atoms with E-state index in [1.807, 2.05) is 39.6 Å². The molecular formula is C11H21NO3. The second-order valence-electron chi connectivity index (χ2n) is 5.49. The zero-order valence-corrected chi connectivity index (χ0v) is 10.2. The number of carboxylic acids is 1. The van der Waals surface area contributed by atoms with E-state index in [4.69, 9.17) is 9.84 Å². The Balaban J connectivity index is 2.73. The molecule has 1 fully saturated rings. The summed E-state index contributed by atoms with van der Waals surface area (Å²) >= 11 is 0. The summed E-state index contributed by atoms with van der Waals surface area (Å²) in [7, 11) is 1.84. The van der Waals surface area contributed by atoms with E-state index in [-0.39, 0.29) is 23.8 Å². The minimum atomic E-state index is -0.794. The summed E-state index contributed by atoms with van der Waals surface area (Å²) in [6.07, 6.45) is 0.865. The summed E-state index contributed by atoms with van der Waals surface area (Å²) in [5.74, 6) is -0.794. The molecule has 0 aromatic carbocycles. The number of likely N-dealkylation sites (N-methyl/N-ethyl adjacent to an activating group) is 1. The van der Waals surface area contributed by atoms with Crippen LogP contribution in [0.5, 0.6) is 0 Å². The number of ether oxygens (including phenoxy) is 1. The maximum absolute atomic E-state index is 10.7. The number of carbonyl (C=O) groups is 1. The molecule has 1 heterocycles. The van der Waals surface area contributed by atoms with Gasteiger partial charge >= 0.3 is 5.97 Å². The van der Waals surface area contributed by atoms with Gasteiger partial charge in [0.15, 0.2) is 0 Å². The lowest BCUT2D eigenvalue weighted by Gasteiger charge is -2.32. The van der Waals surface area contributed by atoms with Crippen molar-refractivity contribution in [2.45, 2.75) is 51.4 Å². The molecule has 0 aliphatic carbocycles. The molecule has 0 amide bonds. The minimum Gasteiger partial charge on any atom is -0.480 e. The van der Waals surface area contributed by atoms with Crippen molar-refractivity contribution in [2.75, 3.05) is 13.6 Å². The van der Waals surface area contributed by atoms with Gasteiger partial charge in [0.25, 0.3) is 0 Å². The Morgan fingerprint density at radius 2 is 2.00 bits per heavy atom. The third kappa shape index (κ3) is 2.92. The molecule has 0 spiro atoms. The zero-order chi connectivity index (χ0) is 11.9. The summed E-state index contributed by atoms with van der Waals surface area (Å²) < 4.78 is 5.92. The lowest BCUT2D eigenvalue weighted by atomic mass is 9.93. The van der Waals surface area contributed by atoms with E-state index in [0.717, 1.165) is 6.42 Å². The van der Waals surface area contributed by atoms with Crippen molar-refractivity contribution < 1.29 is 14.6 Å². The quantitative estimate of drug-likeness (QED) is 0.772. The Morgan fingerprint density at radius 1 is 1.47 bits per heavy atom. The maximum Gasteiger partial charge on any atom is 0.317 e. The van der Waals surface area contributed by atoms with E-state index >= 15 is 0 Å². The van der Waals surface area contributed by atoms with E-state index in [9.17, 15) is 4.79 Å². The van der Waals surface area contributed by atoms with Gasteiger partial charge in [-0.1, -0.05) is 0 Å². The number of carboxylic acid groups (broad SMARTS) is 1. The van der Waals surface area contributed by atoms with E-state index in [1.54, 1.807) is 0 Å². The van der Waals surface area contributed by atoms with Crippen molar-refractivity contribution in [3.63, 3.8) is 0 Å². The highest BCUT2D eigenvalue weighted by atomic mass is 16.5. The fourth-order valence-corrected chi connectivity index (χ4v) is 2.54. The van der Waals surface area contributed by atoms with Gasteiger partial charge in [0, 0.05) is 6.04 Å². The molecule has 0 aromatic heterocycles. The smallest absolute Gasteiger partial charge is 0.317 e. The molecule has 1 N–H and O–H groups in total. The summed E-state index contributed by atoms with van der Waals surface area (Å²) in [4.78, 5) is 12.5. The van der Waals surface area contributed by atoms with Crippen molar-refractivity contribution in [2.24, 2.45) is 0 Å². The van der Waals surface area contributed by atoms with Gasteiger partial charge in [-0.05, 0) is 41.2 Å². The van der Waals surface area contributed by atoms with Crippen LogP contribution in [0.3, 0.4) is 0 Å². The highest BCUT2D eigenvalue weighted by Gasteiger charge is 2.47. The molecular weight excluding hydrogens is 194 g/mol. The van der Waals surface area contributed by atoms with E-state index in [0.29, 0.717) is 0 Å². The fourth-order valence-electron chi connectivity index (χ4n) is 2.54. The predicted octanol–water partition coefficient (Wildman–Crippen LogP) is 1.35. The van der Waals surface area contributed by atoms with Crippen LogP contribution >= 0.6 is 0 Å². The van der Waals surface area contributed by atoms with Crippen LogP contribution in [0.2, 0.25) is 0 Å². The first-order valence-corrected chi connectivity index (χ1v) is 5.26. The molecule has 4 nitrogen and oxygen atoms in total. The number of nitrogens with zero attached hydrogens (tertiary/aromatic N) is 1. The lowest BCUT2D eigenvalue weighted by molar-refractivity contribution is -0.139. The van der Waals surface area contributed by atoms with Gasteiger partial charge < -0.3 is 9.84 Å².